The molecule has 498 valence electrons. The normalized spacial score (nSPS) is 11.5. The lowest BCUT2D eigenvalue weighted by molar-refractivity contribution is 0.305. The van der Waals surface area contributed by atoms with Gasteiger partial charge in [-0.05, 0) is 231 Å². The van der Waals surface area contributed by atoms with E-state index in [1.54, 1.807) is 22.7 Å². The van der Waals surface area contributed by atoms with Crippen molar-refractivity contribution in [3.63, 3.8) is 0 Å². The molecule has 0 atom stereocenters. The molecular weight excluding hydrogens is 1290 g/mol. The zero-order chi connectivity index (χ0) is 66.1. The lowest BCUT2D eigenvalue weighted by atomic mass is 10.2. The Labute approximate surface area is 593 Å². The van der Waals surface area contributed by atoms with Crippen molar-refractivity contribution in [2.24, 2.45) is 0 Å². The van der Waals surface area contributed by atoms with Gasteiger partial charge in [0.05, 0.1) is 111 Å². The van der Waals surface area contributed by atoms with E-state index in [9.17, 15) is 0 Å². The van der Waals surface area contributed by atoms with E-state index in [1.165, 1.54) is 127 Å². The van der Waals surface area contributed by atoms with Crippen molar-refractivity contribution < 1.29 is 18.9 Å². The van der Waals surface area contributed by atoms with E-state index in [-0.39, 0.29) is 0 Å². The van der Waals surface area contributed by atoms with Gasteiger partial charge in [0.1, 0.15) is 23.0 Å². The van der Waals surface area contributed by atoms with Crippen LogP contribution in [0.2, 0.25) is 0 Å². The summed E-state index contributed by atoms with van der Waals surface area (Å²) >= 11 is 9.03. The number of hydrogen-bond acceptors (Lipinski definition) is 9. The second-order valence-corrected chi connectivity index (χ2v) is 30.0. The minimum absolute atomic E-state index is 0.715. The highest BCUT2D eigenvalue weighted by molar-refractivity contribution is 7.19. The molecule has 0 saturated heterocycles. The first-order chi connectivity index (χ1) is 48.0. The molecule has 0 aliphatic carbocycles. The van der Waals surface area contributed by atoms with Crippen LogP contribution in [0, 0.1) is 0 Å². The molecule has 0 fully saturated rings. The number of benzene rings is 4. The van der Waals surface area contributed by atoms with Crippen LogP contribution < -0.4 is 18.9 Å². The van der Waals surface area contributed by atoms with Gasteiger partial charge in [-0.1, -0.05) is 117 Å². The van der Waals surface area contributed by atoms with E-state index in [4.69, 9.17) is 18.9 Å². The summed E-state index contributed by atoms with van der Waals surface area (Å²) in [6, 6.07) is 75.6. The van der Waals surface area contributed by atoms with Crippen LogP contribution in [0.1, 0.15) is 130 Å². The predicted molar refractivity (Wildman–Crippen MR) is 415 cm³/mol. The predicted octanol–water partition coefficient (Wildman–Crippen LogP) is 26.3. The van der Waals surface area contributed by atoms with Gasteiger partial charge in [0.25, 0.3) is 0 Å². The standard InChI is InChI=1S/C84H88N4O4S5/c1-5-9-13-17-55-89-65-33-25-61(26-34-65)85-69(77-23-21-59-93-77)41-43-71(85)79-49-51-81(95-79)73-45-47-75(87(73)63-29-37-67(38-30-63)91-57-19-15-11-7-3)83-53-54-84(97-83)76-48-46-74(88(76)64-31-39-68(40-32-64)92-58-20-16-12-8-4)82-52-50-80(96-82)72-44-42-70(78-24-22-60-94-78)86(72)62-27-35-66(36-28-62)90-56-18-14-10-6-2/h21-54,59-60H,5-20,55-58H2,1-4H3. The molecular formula is C84H88N4O4S5. The van der Waals surface area contributed by atoms with Crippen LogP contribution >= 0.6 is 56.7 Å². The second-order valence-electron chi connectivity index (χ2n) is 24.8. The minimum atomic E-state index is 0.715. The van der Waals surface area contributed by atoms with Crippen molar-refractivity contribution in [3.8, 4) is 130 Å². The summed E-state index contributed by atoms with van der Waals surface area (Å²) in [7, 11) is 0. The first-order valence-electron chi connectivity index (χ1n) is 35.2. The van der Waals surface area contributed by atoms with Gasteiger partial charge in [-0.2, -0.15) is 0 Å². The van der Waals surface area contributed by atoms with Gasteiger partial charge in [0.2, 0.25) is 0 Å². The van der Waals surface area contributed by atoms with Gasteiger partial charge in [-0.3, -0.25) is 0 Å². The molecule has 8 nitrogen and oxygen atoms in total. The number of hydrogen-bond donors (Lipinski definition) is 0. The van der Waals surface area contributed by atoms with Gasteiger partial charge in [-0.25, -0.2) is 0 Å². The first kappa shape index (κ1) is 67.3. The zero-order valence-corrected chi connectivity index (χ0v) is 60.5. The molecule has 13 heteroatoms. The smallest absolute Gasteiger partial charge is 0.119 e. The van der Waals surface area contributed by atoms with E-state index in [2.05, 4.69) is 263 Å². The number of nitrogens with zero attached hydrogens (tertiary/aromatic N) is 4. The van der Waals surface area contributed by atoms with E-state index in [1.807, 2.05) is 34.0 Å². The van der Waals surface area contributed by atoms with Crippen LogP contribution in [0.4, 0.5) is 0 Å². The largest absolute Gasteiger partial charge is 0.494 e. The summed E-state index contributed by atoms with van der Waals surface area (Å²) in [6.45, 7) is 11.9. The maximum Gasteiger partial charge on any atom is 0.119 e. The van der Waals surface area contributed by atoms with Crippen LogP contribution in [-0.4, -0.2) is 44.7 Å². The zero-order valence-electron chi connectivity index (χ0n) is 56.4. The van der Waals surface area contributed by atoms with Crippen LogP contribution in [0.5, 0.6) is 23.0 Å². The quantitative estimate of drug-likeness (QED) is 0.0367. The summed E-state index contributed by atoms with van der Waals surface area (Å²) in [6.07, 6.45) is 18.8. The second kappa shape index (κ2) is 33.3. The molecule has 0 spiro atoms. The Kier molecular flexibility index (Phi) is 23.1. The molecule has 0 saturated carbocycles. The first-order valence-corrected chi connectivity index (χ1v) is 39.4. The molecule has 4 aromatic carbocycles. The summed E-state index contributed by atoms with van der Waals surface area (Å²) in [5, 5.41) is 4.32. The number of thiophene rings is 5. The van der Waals surface area contributed by atoms with Crippen LogP contribution in [-0.2, 0) is 0 Å². The van der Waals surface area contributed by atoms with Gasteiger partial charge >= 0.3 is 0 Å². The Hall–Kier alpha value is -8.30. The van der Waals surface area contributed by atoms with E-state index in [0.717, 1.165) is 119 Å². The molecule has 13 rings (SSSR count). The highest BCUT2D eigenvalue weighted by Gasteiger charge is 2.24. The molecule has 0 N–H and O–H groups in total. The third-order valence-corrected chi connectivity index (χ3v) is 23.0. The molecule has 9 aromatic heterocycles. The maximum absolute atomic E-state index is 6.35. The van der Waals surface area contributed by atoms with Crippen molar-refractivity contribution in [1.82, 2.24) is 18.3 Å². The Morgan fingerprint density at radius 1 is 0.227 bits per heavy atom. The fraction of sp³-hybridized carbons (Fsp3) is 0.286. The highest BCUT2D eigenvalue weighted by atomic mass is 32.1. The number of unbranched alkanes of at least 4 members (excludes halogenated alkanes) is 12. The molecule has 9 heterocycles. The molecule has 13 aromatic rings. The molecule has 97 heavy (non-hydrogen) atoms. The van der Waals surface area contributed by atoms with Crippen LogP contribution in [0.3, 0.4) is 0 Å². The van der Waals surface area contributed by atoms with Gasteiger partial charge in [0.15, 0.2) is 0 Å². The number of ether oxygens (including phenoxy) is 4. The molecule has 0 amide bonds. The SMILES string of the molecule is CCCCCCOc1ccc(-n2c(-c3cccs3)ccc2-c2ccc(-c3ccc(-c4ccc(-c5ccc(-c6ccc(-c7ccc(-c8cccs8)n7-c7ccc(OCCCCCC)cc7)s6)n5-c5ccc(OCCCCCC)cc5)s4)n3-c3ccc(OCCCCCC)cc3)s2)cc1. The monoisotopic (exact) mass is 1380 g/mol. The molecule has 0 radical (unpaired) electrons. The van der Waals surface area contributed by atoms with Crippen molar-refractivity contribution >= 4 is 56.7 Å². The summed E-state index contributed by atoms with van der Waals surface area (Å²) in [4.78, 5) is 9.54. The fourth-order valence-electron chi connectivity index (χ4n) is 12.7. The summed E-state index contributed by atoms with van der Waals surface area (Å²) in [5.41, 5.74) is 13.5. The average molecular weight is 1380 g/mol. The lowest BCUT2D eigenvalue weighted by Gasteiger charge is -2.15. The van der Waals surface area contributed by atoms with Crippen molar-refractivity contribution in [2.75, 3.05) is 26.4 Å². The topological polar surface area (TPSA) is 56.6 Å². The minimum Gasteiger partial charge on any atom is -0.494 e. The van der Waals surface area contributed by atoms with Crippen molar-refractivity contribution in [1.29, 1.82) is 0 Å². The Balaban J connectivity index is 0.854. The van der Waals surface area contributed by atoms with Gasteiger partial charge in [-0.15, -0.1) is 56.7 Å². The summed E-state index contributed by atoms with van der Waals surface area (Å²) < 4.78 is 34.9. The molecule has 0 bridgehead atoms. The number of aromatic nitrogens is 4. The van der Waals surface area contributed by atoms with Crippen molar-refractivity contribution in [2.45, 2.75) is 130 Å². The third-order valence-electron chi connectivity index (χ3n) is 17.8. The van der Waals surface area contributed by atoms with Crippen molar-refractivity contribution in [3.05, 3.63) is 217 Å². The summed E-state index contributed by atoms with van der Waals surface area (Å²) in [5.74, 6) is 3.60. The molecule has 0 aliphatic heterocycles. The fourth-order valence-corrected chi connectivity index (χ4v) is 17.3. The average Bonchev–Trinajstić information content (AvgIpc) is 1.63. The Morgan fingerprint density at radius 2 is 0.443 bits per heavy atom. The highest BCUT2D eigenvalue weighted by Crippen LogP contribution is 2.47. The van der Waals surface area contributed by atoms with Crippen LogP contribution in [0.15, 0.2) is 217 Å². The van der Waals surface area contributed by atoms with E-state index in [0.29, 0.717) is 13.2 Å². The third kappa shape index (κ3) is 16.0. The molecule has 0 aliphatic rings. The Morgan fingerprint density at radius 3 is 0.639 bits per heavy atom. The van der Waals surface area contributed by atoms with E-state index < -0.39 is 0 Å². The van der Waals surface area contributed by atoms with E-state index >= 15 is 0 Å². The lowest BCUT2D eigenvalue weighted by Crippen LogP contribution is -2.00. The molecule has 0 unspecified atom stereocenters. The Bertz CT molecular complexity index is 4230. The van der Waals surface area contributed by atoms with Gasteiger partial charge in [0, 0.05) is 22.7 Å². The number of rotatable bonds is 36. The van der Waals surface area contributed by atoms with Crippen LogP contribution in [0.25, 0.3) is 107 Å². The van der Waals surface area contributed by atoms with Gasteiger partial charge < -0.3 is 37.2 Å². The maximum atomic E-state index is 6.35.